The van der Waals surface area contributed by atoms with E-state index < -0.39 is 15.9 Å². The van der Waals surface area contributed by atoms with Crippen molar-refractivity contribution in [3.05, 3.63) is 29.8 Å². The third-order valence-corrected chi connectivity index (χ3v) is 7.33. The molecular formula is C19H29N3O5S. The molecule has 0 saturated carbocycles. The molecule has 1 aromatic carbocycles. The molecule has 0 atom stereocenters. The fourth-order valence-corrected chi connectivity index (χ4v) is 5.13. The van der Waals surface area contributed by atoms with Crippen LogP contribution in [-0.2, 0) is 19.6 Å². The van der Waals surface area contributed by atoms with Crippen molar-refractivity contribution in [2.45, 2.75) is 32.2 Å². The highest BCUT2D eigenvalue weighted by molar-refractivity contribution is 7.89. The molecule has 2 aliphatic rings. The molecule has 0 aliphatic carbocycles. The van der Waals surface area contributed by atoms with Gasteiger partial charge in [0.1, 0.15) is 0 Å². The molecule has 2 fully saturated rings. The number of aryl methyl sites for hydroxylation is 1. The fourth-order valence-electron chi connectivity index (χ4n) is 3.72. The van der Waals surface area contributed by atoms with E-state index in [9.17, 15) is 18.4 Å². The summed E-state index contributed by atoms with van der Waals surface area (Å²) in [5.74, 6) is -0.828. The van der Waals surface area contributed by atoms with E-state index in [4.69, 9.17) is 4.74 Å². The molecule has 1 amide bonds. The highest BCUT2D eigenvalue weighted by Gasteiger charge is 2.30. The van der Waals surface area contributed by atoms with Gasteiger partial charge >= 0.3 is 0 Å². The van der Waals surface area contributed by atoms with Gasteiger partial charge in [-0.3, -0.25) is 10.0 Å². The number of anilines is 1. The topological polar surface area (TPSA) is 90.4 Å². The second kappa shape index (κ2) is 9.21. The van der Waals surface area contributed by atoms with E-state index in [1.807, 2.05) is 31.2 Å². The lowest BCUT2D eigenvalue weighted by Crippen LogP contribution is -2.50. The number of para-hydroxylation sites is 1. The number of hydrogen-bond donors (Lipinski definition) is 1. The largest absolute Gasteiger partial charge is 0.381 e. The van der Waals surface area contributed by atoms with Gasteiger partial charge in [-0.25, -0.2) is 13.5 Å². The summed E-state index contributed by atoms with van der Waals surface area (Å²) < 4.78 is 31.9. The number of amides is 1. The van der Waals surface area contributed by atoms with Crippen LogP contribution in [0, 0.1) is 6.92 Å². The zero-order valence-electron chi connectivity index (χ0n) is 16.3. The number of carbonyl (C=O) groups is 1. The molecular weight excluding hydrogens is 382 g/mol. The molecule has 2 saturated heterocycles. The minimum Gasteiger partial charge on any atom is -0.381 e. The van der Waals surface area contributed by atoms with E-state index in [0.717, 1.165) is 5.69 Å². The predicted octanol–water partition coefficient (Wildman–Crippen LogP) is 1.23. The van der Waals surface area contributed by atoms with E-state index in [1.165, 1.54) is 9.87 Å². The maximum atomic E-state index is 12.6. The number of sulfonamides is 1. The molecule has 156 valence electrons. The van der Waals surface area contributed by atoms with Gasteiger partial charge in [0, 0.05) is 51.5 Å². The summed E-state index contributed by atoms with van der Waals surface area (Å²) in [7, 11) is -3.54. The Morgan fingerprint density at radius 2 is 1.82 bits per heavy atom. The molecule has 28 heavy (non-hydrogen) atoms. The van der Waals surface area contributed by atoms with Crippen LogP contribution in [0.1, 0.15) is 24.8 Å². The molecule has 2 aliphatic heterocycles. The highest BCUT2D eigenvalue weighted by atomic mass is 32.2. The van der Waals surface area contributed by atoms with Gasteiger partial charge in [-0.15, -0.1) is 0 Å². The van der Waals surface area contributed by atoms with Crippen LogP contribution in [0.25, 0.3) is 0 Å². The van der Waals surface area contributed by atoms with Crippen LogP contribution in [-0.4, -0.2) is 80.1 Å². The molecule has 9 heteroatoms. The Balaban J connectivity index is 1.50. The van der Waals surface area contributed by atoms with Crippen molar-refractivity contribution >= 4 is 21.6 Å². The van der Waals surface area contributed by atoms with Crippen molar-refractivity contribution in [3.63, 3.8) is 0 Å². The Labute approximate surface area is 166 Å². The van der Waals surface area contributed by atoms with Crippen molar-refractivity contribution in [2.75, 3.05) is 50.0 Å². The van der Waals surface area contributed by atoms with E-state index >= 15 is 0 Å². The second-order valence-corrected chi connectivity index (χ2v) is 9.41. The van der Waals surface area contributed by atoms with Gasteiger partial charge in [-0.05, 0) is 31.4 Å². The lowest BCUT2D eigenvalue weighted by Gasteiger charge is -2.36. The van der Waals surface area contributed by atoms with Crippen molar-refractivity contribution in [3.8, 4) is 0 Å². The lowest BCUT2D eigenvalue weighted by atomic mass is 10.1. The molecule has 0 spiro atoms. The summed E-state index contributed by atoms with van der Waals surface area (Å²) in [6, 6.07) is 7.77. The molecule has 0 bridgehead atoms. The number of benzene rings is 1. The van der Waals surface area contributed by atoms with Gasteiger partial charge in [0.2, 0.25) is 15.9 Å². The van der Waals surface area contributed by atoms with Crippen LogP contribution in [0.5, 0.6) is 0 Å². The first-order valence-electron chi connectivity index (χ1n) is 9.75. The molecule has 1 N–H and O–H groups in total. The van der Waals surface area contributed by atoms with Gasteiger partial charge < -0.3 is 9.64 Å². The number of hydroxylamine groups is 2. The highest BCUT2D eigenvalue weighted by Crippen LogP contribution is 2.22. The normalized spacial score (nSPS) is 19.6. The van der Waals surface area contributed by atoms with Crippen molar-refractivity contribution in [2.24, 2.45) is 0 Å². The first kappa shape index (κ1) is 21.0. The Morgan fingerprint density at radius 3 is 2.46 bits per heavy atom. The van der Waals surface area contributed by atoms with Crippen LogP contribution in [0.3, 0.4) is 0 Å². The molecule has 2 heterocycles. The summed E-state index contributed by atoms with van der Waals surface area (Å²) >= 11 is 0. The average molecular weight is 412 g/mol. The Hall–Kier alpha value is -1.68. The number of ether oxygens (including phenoxy) is 1. The molecule has 0 aromatic heterocycles. The smallest absolute Gasteiger partial charge is 0.247 e. The first-order chi connectivity index (χ1) is 13.4. The maximum Gasteiger partial charge on any atom is 0.247 e. The maximum absolute atomic E-state index is 12.6. The van der Waals surface area contributed by atoms with Crippen LogP contribution >= 0.6 is 0 Å². The minimum absolute atomic E-state index is 0.214. The van der Waals surface area contributed by atoms with Gasteiger partial charge in [0.05, 0.1) is 11.8 Å². The predicted molar refractivity (Wildman–Crippen MR) is 106 cm³/mol. The average Bonchev–Trinajstić information content (AvgIpc) is 2.72. The zero-order chi connectivity index (χ0) is 20.1. The Kier molecular flexibility index (Phi) is 6.92. The van der Waals surface area contributed by atoms with Gasteiger partial charge in [0.15, 0.2) is 0 Å². The standard InChI is InChI=1S/C19H29N3O5S/c1-16-4-2-3-5-18(16)20-9-11-21(12-10-20)28(25,26)15-8-19(23)22(24)17-6-13-27-14-7-17/h2-5,17,24H,6-15H2,1H3. The van der Waals surface area contributed by atoms with Gasteiger partial charge in [0.25, 0.3) is 0 Å². The summed E-state index contributed by atoms with van der Waals surface area (Å²) in [5, 5.41) is 10.8. The molecule has 0 unspecified atom stereocenters. The summed E-state index contributed by atoms with van der Waals surface area (Å²) in [5.41, 5.74) is 2.29. The quantitative estimate of drug-likeness (QED) is 0.559. The van der Waals surface area contributed by atoms with Crippen LogP contribution in [0.2, 0.25) is 0 Å². The summed E-state index contributed by atoms with van der Waals surface area (Å²) in [6.07, 6.45) is 0.917. The first-order valence-corrected chi connectivity index (χ1v) is 11.4. The van der Waals surface area contributed by atoms with Crippen LogP contribution in [0.15, 0.2) is 24.3 Å². The van der Waals surface area contributed by atoms with Crippen molar-refractivity contribution in [1.82, 2.24) is 9.37 Å². The van der Waals surface area contributed by atoms with Crippen LogP contribution in [0.4, 0.5) is 5.69 Å². The fraction of sp³-hybridized carbons (Fsp3) is 0.632. The lowest BCUT2D eigenvalue weighted by molar-refractivity contribution is -0.182. The molecule has 0 radical (unpaired) electrons. The monoisotopic (exact) mass is 411 g/mol. The Morgan fingerprint density at radius 1 is 1.18 bits per heavy atom. The third-order valence-electron chi connectivity index (χ3n) is 5.45. The number of carbonyl (C=O) groups excluding carboxylic acids is 1. The summed E-state index contributed by atoms with van der Waals surface area (Å²) in [6.45, 7) is 5.07. The number of rotatable bonds is 6. The molecule has 8 nitrogen and oxygen atoms in total. The number of piperazine rings is 1. The number of nitrogens with zero attached hydrogens (tertiary/aromatic N) is 3. The van der Waals surface area contributed by atoms with E-state index in [0.29, 0.717) is 57.3 Å². The van der Waals surface area contributed by atoms with Gasteiger partial charge in [-0.2, -0.15) is 4.31 Å². The van der Waals surface area contributed by atoms with Crippen LogP contribution < -0.4 is 4.90 Å². The molecule has 1 aromatic rings. The van der Waals surface area contributed by atoms with E-state index in [-0.39, 0.29) is 18.2 Å². The Bertz CT molecular complexity index is 772. The molecule has 3 rings (SSSR count). The SMILES string of the molecule is Cc1ccccc1N1CCN(S(=O)(=O)CCC(=O)N(O)C2CCOCC2)CC1. The minimum atomic E-state index is -3.54. The van der Waals surface area contributed by atoms with E-state index in [2.05, 4.69) is 4.90 Å². The summed E-state index contributed by atoms with van der Waals surface area (Å²) in [4.78, 5) is 14.4. The zero-order valence-corrected chi connectivity index (χ0v) is 17.1. The van der Waals surface area contributed by atoms with E-state index in [1.54, 1.807) is 0 Å². The third kappa shape index (κ3) is 5.02. The number of hydrogen-bond acceptors (Lipinski definition) is 6. The van der Waals surface area contributed by atoms with Gasteiger partial charge in [-0.1, -0.05) is 18.2 Å². The second-order valence-electron chi connectivity index (χ2n) is 7.32. The van der Waals surface area contributed by atoms with Crippen molar-refractivity contribution < 1.29 is 23.2 Å². The van der Waals surface area contributed by atoms with Crippen molar-refractivity contribution in [1.29, 1.82) is 0 Å².